The van der Waals surface area contributed by atoms with Gasteiger partial charge in [-0.15, -0.1) is 0 Å². The molecular weight excluding hydrogens is 546 g/mol. The Hall–Kier alpha value is -6.06. The van der Waals surface area contributed by atoms with Crippen LogP contribution in [0.2, 0.25) is 0 Å². The molecule has 0 aliphatic heterocycles. The molecular formula is C42H25N3. The van der Waals surface area contributed by atoms with Gasteiger partial charge in [-0.3, -0.25) is 0 Å². The van der Waals surface area contributed by atoms with Crippen LogP contribution in [-0.2, 0) is 0 Å². The van der Waals surface area contributed by atoms with Crippen LogP contribution in [0, 0.1) is 0 Å². The molecule has 0 saturated carbocycles. The lowest BCUT2D eigenvalue weighted by Gasteiger charge is -2.13. The minimum absolute atomic E-state index is 0.806. The molecule has 4 aromatic heterocycles. The molecule has 0 amide bonds. The van der Waals surface area contributed by atoms with Crippen molar-refractivity contribution in [3.63, 3.8) is 0 Å². The standard InChI is InChI=1S/C42H25N3/c43-40-26(24-20-32-28-10-1-5-16-36(28)44-37-17-6-2-11-29(37)33(21-24)41(32)44)14-9-15-27(40)25-22-34-30-12-3-7-18-38(30)45-39-19-8-4-13-31(39)35(23-25)42(34)45/h1-23H,43H2. The van der Waals surface area contributed by atoms with Crippen LogP contribution in [0.5, 0.6) is 0 Å². The number of benzene rings is 7. The first-order chi connectivity index (χ1) is 22.3. The zero-order valence-electron chi connectivity index (χ0n) is 24.3. The highest BCUT2D eigenvalue weighted by Gasteiger charge is 2.21. The van der Waals surface area contributed by atoms with E-state index in [1.165, 1.54) is 76.2 Å². The van der Waals surface area contributed by atoms with Crippen molar-refractivity contribution in [3.05, 3.63) is 140 Å². The molecule has 7 aromatic carbocycles. The van der Waals surface area contributed by atoms with E-state index in [1.807, 2.05) is 0 Å². The summed E-state index contributed by atoms with van der Waals surface area (Å²) in [6.45, 7) is 0. The number of hydrogen-bond donors (Lipinski definition) is 1. The number of rotatable bonds is 2. The van der Waals surface area contributed by atoms with Crippen molar-refractivity contribution in [2.75, 3.05) is 5.73 Å². The van der Waals surface area contributed by atoms with Crippen LogP contribution in [0.3, 0.4) is 0 Å². The van der Waals surface area contributed by atoms with Crippen molar-refractivity contribution in [3.8, 4) is 22.3 Å². The van der Waals surface area contributed by atoms with E-state index in [-0.39, 0.29) is 0 Å². The molecule has 11 rings (SSSR count). The third-order valence-electron chi connectivity index (χ3n) is 10.1. The summed E-state index contributed by atoms with van der Waals surface area (Å²) in [6, 6.07) is 50.8. The van der Waals surface area contributed by atoms with E-state index in [0.717, 1.165) is 27.9 Å². The highest BCUT2D eigenvalue weighted by atomic mass is 14.9. The number of para-hydroxylation sites is 5. The Kier molecular flexibility index (Phi) is 4.21. The average molecular weight is 572 g/mol. The van der Waals surface area contributed by atoms with Gasteiger partial charge in [-0.05, 0) is 59.7 Å². The van der Waals surface area contributed by atoms with Gasteiger partial charge < -0.3 is 14.5 Å². The summed E-state index contributed by atoms with van der Waals surface area (Å²) in [5.74, 6) is 0. The first-order valence-electron chi connectivity index (χ1n) is 15.5. The van der Waals surface area contributed by atoms with Crippen LogP contribution in [0.15, 0.2) is 140 Å². The second-order valence-electron chi connectivity index (χ2n) is 12.3. The predicted molar refractivity (Wildman–Crippen MR) is 191 cm³/mol. The molecule has 3 nitrogen and oxygen atoms in total. The number of nitrogens with two attached hydrogens (primary N) is 1. The number of fused-ring (bicyclic) bond motifs is 12. The Morgan fingerprint density at radius 2 is 0.644 bits per heavy atom. The molecule has 0 unspecified atom stereocenters. The third-order valence-corrected chi connectivity index (χ3v) is 10.1. The van der Waals surface area contributed by atoms with Gasteiger partial charge in [0.25, 0.3) is 0 Å². The van der Waals surface area contributed by atoms with Gasteiger partial charge in [0.2, 0.25) is 0 Å². The molecule has 0 bridgehead atoms. The monoisotopic (exact) mass is 571 g/mol. The van der Waals surface area contributed by atoms with E-state index < -0.39 is 0 Å². The first kappa shape index (κ1) is 23.4. The fraction of sp³-hybridized carbons (Fsp3) is 0. The quantitative estimate of drug-likeness (QED) is 0.206. The summed E-state index contributed by atoms with van der Waals surface area (Å²) < 4.78 is 4.84. The molecule has 208 valence electrons. The van der Waals surface area contributed by atoms with E-state index in [4.69, 9.17) is 5.73 Å². The molecule has 11 aromatic rings. The maximum Gasteiger partial charge on any atom is 0.0620 e. The van der Waals surface area contributed by atoms with Crippen LogP contribution in [-0.4, -0.2) is 8.80 Å². The lowest BCUT2D eigenvalue weighted by atomic mass is 9.93. The number of nitrogen functional groups attached to an aromatic ring is 1. The Morgan fingerprint density at radius 1 is 0.333 bits per heavy atom. The van der Waals surface area contributed by atoms with Crippen molar-refractivity contribution < 1.29 is 0 Å². The number of anilines is 1. The van der Waals surface area contributed by atoms with Gasteiger partial charge in [0.1, 0.15) is 0 Å². The molecule has 0 spiro atoms. The fourth-order valence-electron chi connectivity index (χ4n) is 8.28. The molecule has 0 aliphatic rings. The van der Waals surface area contributed by atoms with Crippen LogP contribution >= 0.6 is 0 Å². The summed E-state index contributed by atoms with van der Waals surface area (Å²) in [7, 11) is 0. The summed E-state index contributed by atoms with van der Waals surface area (Å²) in [6.07, 6.45) is 0. The largest absolute Gasteiger partial charge is 0.398 e. The van der Waals surface area contributed by atoms with E-state index >= 15 is 0 Å². The Morgan fingerprint density at radius 3 is 0.978 bits per heavy atom. The molecule has 0 aliphatic carbocycles. The Balaban J connectivity index is 1.21. The van der Waals surface area contributed by atoms with E-state index in [9.17, 15) is 0 Å². The minimum Gasteiger partial charge on any atom is -0.398 e. The van der Waals surface area contributed by atoms with Gasteiger partial charge in [0, 0.05) is 59.9 Å². The Labute approximate surface area is 257 Å². The van der Waals surface area contributed by atoms with Crippen molar-refractivity contribution in [1.29, 1.82) is 0 Å². The topological polar surface area (TPSA) is 34.8 Å². The second kappa shape index (κ2) is 8.10. The fourth-order valence-corrected chi connectivity index (χ4v) is 8.28. The number of nitrogens with zero attached hydrogens (tertiary/aromatic N) is 2. The van der Waals surface area contributed by atoms with E-state index in [2.05, 4.69) is 148 Å². The second-order valence-corrected chi connectivity index (χ2v) is 12.3. The van der Waals surface area contributed by atoms with Crippen molar-refractivity contribution >= 4 is 81.9 Å². The molecule has 2 N–H and O–H groups in total. The minimum atomic E-state index is 0.806. The molecule has 0 radical (unpaired) electrons. The van der Waals surface area contributed by atoms with Crippen molar-refractivity contribution in [2.24, 2.45) is 0 Å². The lowest BCUT2D eigenvalue weighted by Crippen LogP contribution is -1.94. The van der Waals surface area contributed by atoms with Crippen LogP contribution in [0.25, 0.3) is 98.4 Å². The third kappa shape index (κ3) is 2.82. The van der Waals surface area contributed by atoms with Crippen LogP contribution < -0.4 is 5.73 Å². The molecule has 45 heavy (non-hydrogen) atoms. The molecule has 0 fully saturated rings. The predicted octanol–water partition coefficient (Wildman–Crippen LogP) is 10.9. The smallest absolute Gasteiger partial charge is 0.0620 e. The van der Waals surface area contributed by atoms with Gasteiger partial charge in [-0.2, -0.15) is 0 Å². The molecule has 3 heteroatoms. The maximum atomic E-state index is 7.20. The van der Waals surface area contributed by atoms with Crippen molar-refractivity contribution in [1.82, 2.24) is 8.80 Å². The molecule has 0 saturated heterocycles. The van der Waals surface area contributed by atoms with Gasteiger partial charge >= 0.3 is 0 Å². The van der Waals surface area contributed by atoms with Gasteiger partial charge in [0.15, 0.2) is 0 Å². The zero-order valence-corrected chi connectivity index (χ0v) is 24.3. The Bertz CT molecular complexity index is 2620. The van der Waals surface area contributed by atoms with E-state index in [1.54, 1.807) is 0 Å². The number of hydrogen-bond acceptors (Lipinski definition) is 1. The molecule has 0 atom stereocenters. The maximum absolute atomic E-state index is 7.20. The normalized spacial score (nSPS) is 12.5. The van der Waals surface area contributed by atoms with Crippen LogP contribution in [0.4, 0.5) is 5.69 Å². The van der Waals surface area contributed by atoms with Gasteiger partial charge in [-0.25, -0.2) is 0 Å². The van der Waals surface area contributed by atoms with Gasteiger partial charge in [0.05, 0.1) is 33.1 Å². The summed E-state index contributed by atoms with van der Waals surface area (Å²) >= 11 is 0. The molecule has 4 heterocycles. The van der Waals surface area contributed by atoms with Gasteiger partial charge in [-0.1, -0.05) is 91.0 Å². The summed E-state index contributed by atoms with van der Waals surface area (Å²) in [4.78, 5) is 0. The number of aromatic nitrogens is 2. The SMILES string of the molecule is Nc1c(-c2cc3c4ccccc4n4c5ccccc5c(c2)c34)cccc1-c1cc2c3ccccc3n3c4ccccc4c(c1)c23. The first-order valence-corrected chi connectivity index (χ1v) is 15.5. The van der Waals surface area contributed by atoms with Crippen molar-refractivity contribution in [2.45, 2.75) is 0 Å². The van der Waals surface area contributed by atoms with Crippen LogP contribution in [0.1, 0.15) is 0 Å². The highest BCUT2D eigenvalue weighted by molar-refractivity contribution is 6.26. The summed E-state index contributed by atoms with van der Waals surface area (Å²) in [5, 5.41) is 10.1. The summed E-state index contributed by atoms with van der Waals surface area (Å²) in [5.41, 5.74) is 19.9. The lowest BCUT2D eigenvalue weighted by molar-refractivity contribution is 1.37. The average Bonchev–Trinajstić information content (AvgIpc) is 3.81. The zero-order chi connectivity index (χ0) is 29.4. The highest BCUT2D eigenvalue weighted by Crippen LogP contribution is 2.46. The van der Waals surface area contributed by atoms with E-state index in [0.29, 0.717) is 0 Å².